The van der Waals surface area contributed by atoms with Crippen LogP contribution in [0.3, 0.4) is 0 Å². The van der Waals surface area contributed by atoms with Crippen molar-refractivity contribution in [2.45, 2.75) is 58.8 Å². The van der Waals surface area contributed by atoms with Crippen LogP contribution in [0.2, 0.25) is 0 Å². The van der Waals surface area contributed by atoms with Crippen molar-refractivity contribution in [3.63, 3.8) is 0 Å². The summed E-state index contributed by atoms with van der Waals surface area (Å²) in [6.07, 6.45) is 9.83. The Morgan fingerprint density at radius 2 is 2.16 bits per heavy atom. The molecule has 1 atom stereocenters. The zero-order chi connectivity index (χ0) is 17.5. The largest absolute Gasteiger partial charge is 0.317 e. The molecule has 0 amide bonds. The molecule has 1 saturated heterocycles. The Hall–Kier alpha value is -1.72. The number of pyridine rings is 1. The van der Waals surface area contributed by atoms with Gasteiger partial charge in [-0.25, -0.2) is 0 Å². The van der Waals surface area contributed by atoms with E-state index in [0.717, 1.165) is 38.4 Å². The summed E-state index contributed by atoms with van der Waals surface area (Å²) < 4.78 is 2.08. The molecule has 0 saturated carbocycles. The molecule has 25 heavy (non-hydrogen) atoms. The number of hydrogen-bond donors (Lipinski definition) is 1. The maximum atomic E-state index is 4.54. The first-order valence-electron chi connectivity index (χ1n) is 9.56. The summed E-state index contributed by atoms with van der Waals surface area (Å²) in [5, 5.41) is 8.07. The molecule has 1 aliphatic rings. The predicted molar refractivity (Wildman–Crippen MR) is 101 cm³/mol. The van der Waals surface area contributed by atoms with Crippen LogP contribution in [-0.4, -0.2) is 38.8 Å². The van der Waals surface area contributed by atoms with E-state index in [0.29, 0.717) is 12.0 Å². The number of nitrogens with zero attached hydrogens (tertiary/aromatic N) is 4. The molecule has 0 unspecified atom stereocenters. The van der Waals surface area contributed by atoms with Gasteiger partial charge in [0.2, 0.25) is 0 Å². The molecular formula is C20H31N5. The summed E-state index contributed by atoms with van der Waals surface area (Å²) in [6, 6.07) is 6.80. The van der Waals surface area contributed by atoms with Crippen LogP contribution in [0.25, 0.3) is 0 Å². The first-order chi connectivity index (χ1) is 12.2. The molecular weight excluding hydrogens is 310 g/mol. The lowest BCUT2D eigenvalue weighted by Crippen LogP contribution is -2.35. The highest BCUT2D eigenvalue weighted by molar-refractivity contribution is 5.07. The Bertz CT molecular complexity index is 614. The molecule has 0 aromatic carbocycles. The van der Waals surface area contributed by atoms with Gasteiger partial charge in [-0.3, -0.25) is 14.6 Å². The minimum absolute atomic E-state index is 0.602. The topological polar surface area (TPSA) is 46.0 Å². The Labute approximate surface area is 151 Å². The van der Waals surface area contributed by atoms with E-state index in [1.165, 1.54) is 24.8 Å². The fraction of sp³-hybridized carbons (Fsp3) is 0.600. The highest BCUT2D eigenvalue weighted by atomic mass is 15.3. The van der Waals surface area contributed by atoms with E-state index in [9.17, 15) is 0 Å². The van der Waals surface area contributed by atoms with Gasteiger partial charge in [-0.15, -0.1) is 0 Å². The third-order valence-electron chi connectivity index (χ3n) is 4.78. The van der Waals surface area contributed by atoms with Crippen molar-refractivity contribution in [2.75, 3.05) is 13.1 Å². The second-order valence-corrected chi connectivity index (χ2v) is 7.53. The summed E-state index contributed by atoms with van der Waals surface area (Å²) in [5.41, 5.74) is 2.45. The van der Waals surface area contributed by atoms with Gasteiger partial charge in [0, 0.05) is 43.6 Å². The fourth-order valence-electron chi connectivity index (χ4n) is 3.58. The van der Waals surface area contributed by atoms with Crippen LogP contribution < -0.4 is 5.32 Å². The van der Waals surface area contributed by atoms with E-state index in [4.69, 9.17) is 0 Å². The van der Waals surface area contributed by atoms with Gasteiger partial charge in [-0.05, 0) is 50.4 Å². The van der Waals surface area contributed by atoms with Crippen LogP contribution in [0.5, 0.6) is 0 Å². The monoisotopic (exact) mass is 341 g/mol. The maximum absolute atomic E-state index is 4.54. The molecule has 1 N–H and O–H groups in total. The van der Waals surface area contributed by atoms with Crippen LogP contribution in [0.1, 0.15) is 44.4 Å². The standard InChI is InChI=1S/C20H31N5/c1-17(2)13-25-15-18(12-23-25)14-24(16-19-6-3-4-10-22-19)20-7-5-9-21-11-8-20/h3-4,6,10,12,15,17,20-21H,5,7-9,11,13-14,16H2,1-2H3/t20-/m0/s1. The molecule has 0 radical (unpaired) electrons. The van der Waals surface area contributed by atoms with Gasteiger partial charge in [-0.1, -0.05) is 19.9 Å². The van der Waals surface area contributed by atoms with E-state index >= 15 is 0 Å². The second-order valence-electron chi connectivity index (χ2n) is 7.53. The Kier molecular flexibility index (Phi) is 6.59. The third-order valence-corrected chi connectivity index (χ3v) is 4.78. The normalized spacial score (nSPS) is 18.6. The van der Waals surface area contributed by atoms with Crippen LogP contribution in [0, 0.1) is 5.92 Å². The van der Waals surface area contributed by atoms with Crippen LogP contribution in [0.4, 0.5) is 0 Å². The Morgan fingerprint density at radius 3 is 2.96 bits per heavy atom. The van der Waals surface area contributed by atoms with Gasteiger partial charge < -0.3 is 5.32 Å². The summed E-state index contributed by atoms with van der Waals surface area (Å²) in [6.45, 7) is 9.53. The summed E-state index contributed by atoms with van der Waals surface area (Å²) in [4.78, 5) is 7.13. The second kappa shape index (κ2) is 9.11. The molecule has 3 heterocycles. The quantitative estimate of drug-likeness (QED) is 0.841. The van der Waals surface area contributed by atoms with Gasteiger partial charge in [0.25, 0.3) is 0 Å². The lowest BCUT2D eigenvalue weighted by molar-refractivity contribution is 0.162. The Morgan fingerprint density at radius 1 is 1.24 bits per heavy atom. The highest BCUT2D eigenvalue weighted by Crippen LogP contribution is 2.19. The average molecular weight is 342 g/mol. The fourth-order valence-corrected chi connectivity index (χ4v) is 3.58. The van der Waals surface area contributed by atoms with Crippen molar-refractivity contribution in [2.24, 2.45) is 5.92 Å². The summed E-state index contributed by atoms with van der Waals surface area (Å²) in [7, 11) is 0. The van der Waals surface area contributed by atoms with Gasteiger partial charge in [0.1, 0.15) is 0 Å². The molecule has 0 spiro atoms. The minimum Gasteiger partial charge on any atom is -0.317 e. The van der Waals surface area contributed by atoms with Crippen molar-refractivity contribution >= 4 is 0 Å². The van der Waals surface area contributed by atoms with Crippen molar-refractivity contribution in [3.8, 4) is 0 Å². The SMILES string of the molecule is CC(C)Cn1cc(CN(Cc2ccccn2)[C@H]2CCCNCC2)cn1. The first-order valence-corrected chi connectivity index (χ1v) is 9.56. The lowest BCUT2D eigenvalue weighted by atomic mass is 10.1. The van der Waals surface area contributed by atoms with Crippen molar-refractivity contribution in [3.05, 3.63) is 48.0 Å². The van der Waals surface area contributed by atoms with E-state index in [1.807, 2.05) is 18.5 Å². The molecule has 2 aromatic heterocycles. The van der Waals surface area contributed by atoms with E-state index < -0.39 is 0 Å². The number of aromatic nitrogens is 3. The minimum atomic E-state index is 0.602. The van der Waals surface area contributed by atoms with E-state index in [1.54, 1.807) is 0 Å². The highest BCUT2D eigenvalue weighted by Gasteiger charge is 2.21. The first kappa shape index (κ1) is 18.1. The summed E-state index contributed by atoms with van der Waals surface area (Å²) >= 11 is 0. The summed E-state index contributed by atoms with van der Waals surface area (Å²) in [5.74, 6) is 0.616. The van der Waals surface area contributed by atoms with Crippen molar-refractivity contribution in [1.29, 1.82) is 0 Å². The van der Waals surface area contributed by atoms with Crippen LogP contribution in [-0.2, 0) is 19.6 Å². The molecule has 1 aliphatic heterocycles. The van der Waals surface area contributed by atoms with Gasteiger partial charge in [-0.2, -0.15) is 5.10 Å². The zero-order valence-corrected chi connectivity index (χ0v) is 15.6. The zero-order valence-electron chi connectivity index (χ0n) is 15.6. The van der Waals surface area contributed by atoms with Crippen LogP contribution >= 0.6 is 0 Å². The van der Waals surface area contributed by atoms with Gasteiger partial charge in [0.15, 0.2) is 0 Å². The molecule has 5 nitrogen and oxygen atoms in total. The third kappa shape index (κ3) is 5.65. The molecule has 1 fully saturated rings. The maximum Gasteiger partial charge on any atom is 0.0544 e. The predicted octanol–water partition coefficient (Wildman–Crippen LogP) is 3.08. The smallest absolute Gasteiger partial charge is 0.0544 e. The average Bonchev–Trinajstić information content (AvgIpc) is 2.85. The molecule has 0 aliphatic carbocycles. The molecule has 2 aromatic rings. The van der Waals surface area contributed by atoms with Gasteiger partial charge in [0.05, 0.1) is 11.9 Å². The lowest BCUT2D eigenvalue weighted by Gasteiger charge is -2.30. The van der Waals surface area contributed by atoms with E-state index in [-0.39, 0.29) is 0 Å². The van der Waals surface area contributed by atoms with Gasteiger partial charge >= 0.3 is 0 Å². The van der Waals surface area contributed by atoms with Crippen molar-refractivity contribution in [1.82, 2.24) is 25.0 Å². The molecule has 0 bridgehead atoms. The van der Waals surface area contributed by atoms with E-state index in [2.05, 4.69) is 57.2 Å². The molecule has 5 heteroatoms. The molecule has 136 valence electrons. The van der Waals surface area contributed by atoms with Crippen LogP contribution in [0.15, 0.2) is 36.8 Å². The molecule has 3 rings (SSSR count). The number of hydrogen-bond acceptors (Lipinski definition) is 4. The Balaban J connectivity index is 1.71. The van der Waals surface area contributed by atoms with Crippen molar-refractivity contribution < 1.29 is 0 Å². The number of nitrogens with one attached hydrogen (secondary N) is 1. The number of rotatable bonds is 7.